The van der Waals surface area contributed by atoms with E-state index in [1.807, 2.05) is 24.8 Å². The lowest BCUT2D eigenvalue weighted by Crippen LogP contribution is -2.40. The van der Waals surface area contributed by atoms with Gasteiger partial charge in [-0.3, -0.25) is 0 Å². The Labute approximate surface area is 103 Å². The van der Waals surface area contributed by atoms with Crippen LogP contribution in [-0.4, -0.2) is 24.5 Å². The predicted octanol–water partition coefficient (Wildman–Crippen LogP) is 2.92. The number of benzene rings is 1. The molecule has 0 saturated carbocycles. The Bertz CT molecular complexity index is 287. The number of thioether (sulfide) groups is 1. The Morgan fingerprint density at radius 1 is 1.31 bits per heavy atom. The van der Waals surface area contributed by atoms with Crippen molar-refractivity contribution in [2.75, 3.05) is 19.0 Å². The summed E-state index contributed by atoms with van der Waals surface area (Å²) < 4.78 is 5.57. The van der Waals surface area contributed by atoms with Crippen molar-refractivity contribution in [3.8, 4) is 0 Å². The maximum atomic E-state index is 5.98. The van der Waals surface area contributed by atoms with Crippen LogP contribution in [0.15, 0.2) is 35.2 Å². The fraction of sp³-hybridized carbons (Fsp3) is 0.538. The van der Waals surface area contributed by atoms with Gasteiger partial charge in [-0.1, -0.05) is 25.1 Å². The molecule has 1 unspecified atom stereocenters. The molecule has 1 aromatic carbocycles. The summed E-state index contributed by atoms with van der Waals surface area (Å²) in [5, 5.41) is 0. The average Bonchev–Trinajstić information content (AvgIpc) is 2.30. The monoisotopic (exact) mass is 239 g/mol. The molecule has 0 aliphatic carbocycles. The lowest BCUT2D eigenvalue weighted by atomic mass is 10.0. The Balaban J connectivity index is 2.09. The molecule has 0 fully saturated rings. The number of rotatable bonds is 7. The van der Waals surface area contributed by atoms with Crippen LogP contribution < -0.4 is 5.73 Å². The third kappa shape index (κ3) is 5.54. The van der Waals surface area contributed by atoms with Crippen molar-refractivity contribution in [1.82, 2.24) is 0 Å². The van der Waals surface area contributed by atoms with Crippen LogP contribution in [0.2, 0.25) is 0 Å². The number of hydrogen-bond acceptors (Lipinski definition) is 3. The Morgan fingerprint density at radius 2 is 2.00 bits per heavy atom. The number of nitrogens with two attached hydrogens (primary N) is 1. The molecule has 0 aromatic heterocycles. The number of hydrogen-bond donors (Lipinski definition) is 1. The molecule has 1 rings (SSSR count). The topological polar surface area (TPSA) is 35.2 Å². The van der Waals surface area contributed by atoms with E-state index in [0.717, 1.165) is 18.8 Å². The maximum Gasteiger partial charge on any atom is 0.0643 e. The standard InChI is InChI=1S/C13H21NOS/c1-3-13(2,14)11-15-9-10-16-12-7-5-4-6-8-12/h4-8H,3,9-11,14H2,1-2H3. The van der Waals surface area contributed by atoms with Crippen molar-refractivity contribution >= 4 is 11.8 Å². The van der Waals surface area contributed by atoms with Gasteiger partial charge < -0.3 is 10.5 Å². The smallest absolute Gasteiger partial charge is 0.0643 e. The van der Waals surface area contributed by atoms with Crippen LogP contribution in [0.1, 0.15) is 20.3 Å². The molecule has 0 amide bonds. The third-order valence-corrected chi connectivity index (χ3v) is 3.46. The molecule has 1 atom stereocenters. The summed E-state index contributed by atoms with van der Waals surface area (Å²) in [6.07, 6.45) is 0.943. The normalized spacial score (nSPS) is 14.7. The van der Waals surface area contributed by atoms with Gasteiger partial charge in [-0.05, 0) is 25.5 Å². The highest BCUT2D eigenvalue weighted by molar-refractivity contribution is 7.99. The zero-order chi connectivity index (χ0) is 11.9. The van der Waals surface area contributed by atoms with Crippen LogP contribution in [0.25, 0.3) is 0 Å². The molecular formula is C13H21NOS. The van der Waals surface area contributed by atoms with Gasteiger partial charge >= 0.3 is 0 Å². The van der Waals surface area contributed by atoms with Gasteiger partial charge in [0.15, 0.2) is 0 Å². The summed E-state index contributed by atoms with van der Waals surface area (Å²) in [6, 6.07) is 10.4. The maximum absolute atomic E-state index is 5.98. The Hall–Kier alpha value is -0.510. The van der Waals surface area contributed by atoms with E-state index in [-0.39, 0.29) is 5.54 Å². The highest BCUT2D eigenvalue weighted by atomic mass is 32.2. The van der Waals surface area contributed by atoms with Gasteiger partial charge in [0.25, 0.3) is 0 Å². The van der Waals surface area contributed by atoms with E-state index in [1.54, 1.807) is 0 Å². The van der Waals surface area contributed by atoms with Crippen molar-refractivity contribution in [3.05, 3.63) is 30.3 Å². The van der Waals surface area contributed by atoms with Crippen LogP contribution in [0.5, 0.6) is 0 Å². The molecule has 2 nitrogen and oxygen atoms in total. The second kappa shape index (κ2) is 6.94. The van der Waals surface area contributed by atoms with Crippen LogP contribution in [0.3, 0.4) is 0 Å². The van der Waals surface area contributed by atoms with Crippen molar-refractivity contribution < 1.29 is 4.74 Å². The van der Waals surface area contributed by atoms with Crippen molar-refractivity contribution in [1.29, 1.82) is 0 Å². The summed E-state index contributed by atoms with van der Waals surface area (Å²) >= 11 is 1.81. The zero-order valence-electron chi connectivity index (χ0n) is 10.1. The molecule has 16 heavy (non-hydrogen) atoms. The van der Waals surface area contributed by atoms with E-state index in [1.165, 1.54) is 4.90 Å². The lowest BCUT2D eigenvalue weighted by molar-refractivity contribution is 0.102. The molecule has 0 bridgehead atoms. The first-order valence-electron chi connectivity index (χ1n) is 5.68. The summed E-state index contributed by atoms with van der Waals surface area (Å²) in [5.41, 5.74) is 5.79. The fourth-order valence-corrected chi connectivity index (χ4v) is 1.93. The SMILES string of the molecule is CCC(C)(N)COCCSc1ccccc1. The molecule has 0 heterocycles. The third-order valence-electron chi connectivity index (χ3n) is 2.48. The van der Waals surface area contributed by atoms with E-state index in [0.29, 0.717) is 6.61 Å². The molecule has 0 spiro atoms. The van der Waals surface area contributed by atoms with Crippen LogP contribution in [0, 0.1) is 0 Å². The van der Waals surface area contributed by atoms with Gasteiger partial charge in [-0.15, -0.1) is 11.8 Å². The van der Waals surface area contributed by atoms with E-state index in [4.69, 9.17) is 10.5 Å². The van der Waals surface area contributed by atoms with Crippen LogP contribution in [-0.2, 0) is 4.74 Å². The molecule has 0 radical (unpaired) electrons. The molecule has 90 valence electrons. The van der Waals surface area contributed by atoms with Crippen molar-refractivity contribution in [2.45, 2.75) is 30.7 Å². The lowest BCUT2D eigenvalue weighted by Gasteiger charge is -2.22. The first-order chi connectivity index (χ1) is 7.64. The van der Waals surface area contributed by atoms with Crippen molar-refractivity contribution in [2.24, 2.45) is 5.73 Å². The highest BCUT2D eigenvalue weighted by Gasteiger charge is 2.14. The molecule has 1 aromatic rings. The first-order valence-corrected chi connectivity index (χ1v) is 6.67. The molecule has 0 saturated heterocycles. The quantitative estimate of drug-likeness (QED) is 0.587. The van der Waals surface area contributed by atoms with Gasteiger partial charge in [0.05, 0.1) is 13.2 Å². The van der Waals surface area contributed by atoms with Gasteiger partial charge in [-0.25, -0.2) is 0 Å². The summed E-state index contributed by atoms with van der Waals surface area (Å²) in [6.45, 7) is 5.50. The summed E-state index contributed by atoms with van der Waals surface area (Å²) in [4.78, 5) is 1.29. The minimum atomic E-state index is -0.183. The van der Waals surface area contributed by atoms with Crippen molar-refractivity contribution in [3.63, 3.8) is 0 Å². The summed E-state index contributed by atoms with van der Waals surface area (Å²) in [5.74, 6) is 0.976. The molecule has 2 N–H and O–H groups in total. The van der Waals surface area contributed by atoms with E-state index in [2.05, 4.69) is 31.2 Å². The highest BCUT2D eigenvalue weighted by Crippen LogP contribution is 2.16. The Morgan fingerprint density at radius 3 is 2.62 bits per heavy atom. The number of ether oxygens (including phenoxy) is 1. The van der Waals surface area contributed by atoms with Gasteiger partial charge in [0.2, 0.25) is 0 Å². The molecule has 0 aliphatic heterocycles. The van der Waals surface area contributed by atoms with E-state index < -0.39 is 0 Å². The van der Waals surface area contributed by atoms with E-state index >= 15 is 0 Å². The first kappa shape index (κ1) is 13.6. The van der Waals surface area contributed by atoms with E-state index in [9.17, 15) is 0 Å². The van der Waals surface area contributed by atoms with Gasteiger partial charge in [0.1, 0.15) is 0 Å². The van der Waals surface area contributed by atoms with Crippen LogP contribution >= 0.6 is 11.8 Å². The second-order valence-electron chi connectivity index (χ2n) is 4.22. The minimum absolute atomic E-state index is 0.183. The predicted molar refractivity (Wildman–Crippen MR) is 70.9 cm³/mol. The van der Waals surface area contributed by atoms with Crippen LogP contribution in [0.4, 0.5) is 0 Å². The zero-order valence-corrected chi connectivity index (χ0v) is 10.9. The van der Waals surface area contributed by atoms with Gasteiger partial charge in [0, 0.05) is 16.2 Å². The van der Waals surface area contributed by atoms with Gasteiger partial charge in [-0.2, -0.15) is 0 Å². The Kier molecular flexibility index (Phi) is 5.88. The summed E-state index contributed by atoms with van der Waals surface area (Å²) in [7, 11) is 0. The molecule has 3 heteroatoms. The average molecular weight is 239 g/mol. The molecule has 0 aliphatic rings. The molecular weight excluding hydrogens is 218 g/mol. The minimum Gasteiger partial charge on any atom is -0.379 e. The second-order valence-corrected chi connectivity index (χ2v) is 5.39. The fourth-order valence-electron chi connectivity index (χ4n) is 1.14. The largest absolute Gasteiger partial charge is 0.379 e.